The van der Waals surface area contributed by atoms with Gasteiger partial charge in [-0.05, 0) is 6.07 Å². The van der Waals surface area contributed by atoms with Crippen molar-refractivity contribution in [2.45, 2.75) is 0 Å². The van der Waals surface area contributed by atoms with Crippen LogP contribution in [0.1, 0.15) is 0 Å². The van der Waals surface area contributed by atoms with Crippen LogP contribution in [-0.2, 0) is 0 Å². The predicted molar refractivity (Wildman–Crippen MR) is 49.2 cm³/mol. The number of aromatic amines is 1. The number of rotatable bonds is 0. The predicted octanol–water partition coefficient (Wildman–Crippen LogP) is 1.51. The van der Waals surface area contributed by atoms with Crippen molar-refractivity contribution in [1.29, 1.82) is 0 Å². The second-order valence-electron chi connectivity index (χ2n) is 2.80. The molecule has 0 atom stereocenters. The molecule has 13 heavy (non-hydrogen) atoms. The molecule has 0 fully saturated rings. The molecule has 0 radical (unpaired) electrons. The molecule has 1 N–H and O–H groups in total. The number of pyridine rings is 1. The molecular weight excluding hydrogens is 164 g/mol. The second kappa shape index (κ2) is 2.26. The normalized spacial score (nSPS) is 11.1. The third-order valence-electron chi connectivity index (χ3n) is 2.03. The molecule has 4 heteroatoms. The Labute approximate surface area is 73.7 Å². The molecule has 0 amide bonds. The van der Waals surface area contributed by atoms with E-state index in [9.17, 15) is 0 Å². The molecule has 3 heterocycles. The van der Waals surface area contributed by atoms with Gasteiger partial charge in [-0.1, -0.05) is 0 Å². The van der Waals surface area contributed by atoms with Gasteiger partial charge in [0.2, 0.25) is 0 Å². The molecule has 0 aliphatic rings. The van der Waals surface area contributed by atoms with E-state index in [4.69, 9.17) is 0 Å². The first kappa shape index (κ1) is 6.54. The lowest BCUT2D eigenvalue weighted by atomic mass is 10.3. The van der Waals surface area contributed by atoms with Gasteiger partial charge in [0.05, 0.1) is 11.7 Å². The summed E-state index contributed by atoms with van der Waals surface area (Å²) in [6.07, 6.45) is 6.89. The van der Waals surface area contributed by atoms with Crippen molar-refractivity contribution >= 4 is 22.1 Å². The fourth-order valence-electron chi connectivity index (χ4n) is 1.45. The van der Waals surface area contributed by atoms with Gasteiger partial charge in [-0.3, -0.25) is 9.97 Å². The summed E-state index contributed by atoms with van der Waals surface area (Å²) in [6, 6.07) is 1.93. The largest absolute Gasteiger partial charge is 0.337 e. The summed E-state index contributed by atoms with van der Waals surface area (Å²) in [4.78, 5) is 15.6. The zero-order chi connectivity index (χ0) is 8.67. The molecule has 0 saturated heterocycles. The van der Waals surface area contributed by atoms with Crippen LogP contribution in [0.2, 0.25) is 0 Å². The lowest BCUT2D eigenvalue weighted by Gasteiger charge is -1.85. The molecule has 4 nitrogen and oxygen atoms in total. The van der Waals surface area contributed by atoms with Crippen molar-refractivity contribution in [3.63, 3.8) is 0 Å². The fourth-order valence-corrected chi connectivity index (χ4v) is 1.45. The van der Waals surface area contributed by atoms with Crippen LogP contribution in [-0.4, -0.2) is 19.9 Å². The lowest BCUT2D eigenvalue weighted by molar-refractivity contribution is 1.27. The van der Waals surface area contributed by atoms with E-state index in [1.807, 2.05) is 6.07 Å². The van der Waals surface area contributed by atoms with Gasteiger partial charge in [0.1, 0.15) is 5.52 Å². The van der Waals surface area contributed by atoms with E-state index in [1.54, 1.807) is 24.8 Å². The Morgan fingerprint density at radius 3 is 3.00 bits per heavy atom. The van der Waals surface area contributed by atoms with Crippen molar-refractivity contribution in [3.05, 3.63) is 30.9 Å². The van der Waals surface area contributed by atoms with Gasteiger partial charge >= 0.3 is 0 Å². The van der Waals surface area contributed by atoms with E-state index >= 15 is 0 Å². The van der Waals surface area contributed by atoms with Crippen LogP contribution in [0.5, 0.6) is 0 Å². The summed E-state index contributed by atoms with van der Waals surface area (Å²) in [6.45, 7) is 0. The molecule has 62 valence electrons. The highest BCUT2D eigenvalue weighted by Gasteiger charge is 2.03. The summed E-state index contributed by atoms with van der Waals surface area (Å²) in [7, 11) is 0. The molecular formula is C9H6N4. The van der Waals surface area contributed by atoms with Crippen molar-refractivity contribution in [2.75, 3.05) is 0 Å². The van der Waals surface area contributed by atoms with E-state index in [0.29, 0.717) is 0 Å². The third-order valence-corrected chi connectivity index (χ3v) is 2.03. The Morgan fingerprint density at radius 1 is 1.08 bits per heavy atom. The molecule has 0 aliphatic heterocycles. The minimum atomic E-state index is 0.811. The molecule has 3 aromatic heterocycles. The van der Waals surface area contributed by atoms with Gasteiger partial charge in [0.15, 0.2) is 5.65 Å². The summed E-state index contributed by atoms with van der Waals surface area (Å²) in [5, 5.41) is 1.07. The number of aromatic nitrogens is 4. The molecule has 0 saturated carbocycles. The van der Waals surface area contributed by atoms with Crippen LogP contribution >= 0.6 is 0 Å². The highest BCUT2D eigenvalue weighted by molar-refractivity contribution is 6.02. The van der Waals surface area contributed by atoms with Gasteiger partial charge in [-0.2, -0.15) is 0 Å². The quantitative estimate of drug-likeness (QED) is 0.556. The first-order valence-electron chi connectivity index (χ1n) is 3.97. The standard InChI is InChI=1S/C9H6N4/c1-2-10-5-7-6(1)8-9(13-7)12-4-3-11-8/h1-5H,(H,12,13). The Kier molecular flexibility index (Phi) is 1.14. The summed E-state index contributed by atoms with van der Waals surface area (Å²) < 4.78 is 0. The third kappa shape index (κ3) is 0.823. The summed E-state index contributed by atoms with van der Waals surface area (Å²) in [5.41, 5.74) is 2.69. The van der Waals surface area contributed by atoms with Gasteiger partial charge in [0, 0.05) is 24.0 Å². The Bertz CT molecular complexity index is 519. The van der Waals surface area contributed by atoms with E-state index in [-0.39, 0.29) is 0 Å². The molecule has 3 rings (SSSR count). The highest BCUT2D eigenvalue weighted by atomic mass is 14.9. The first-order chi connectivity index (χ1) is 6.45. The zero-order valence-electron chi connectivity index (χ0n) is 6.73. The van der Waals surface area contributed by atoms with Crippen molar-refractivity contribution < 1.29 is 0 Å². The monoisotopic (exact) mass is 170 g/mol. The van der Waals surface area contributed by atoms with Crippen LogP contribution in [0.4, 0.5) is 0 Å². The van der Waals surface area contributed by atoms with Gasteiger partial charge in [-0.15, -0.1) is 0 Å². The van der Waals surface area contributed by atoms with Crippen molar-refractivity contribution in [2.24, 2.45) is 0 Å². The SMILES string of the molecule is c1cc2c(cn1)[nH]c1nccnc12. The number of nitrogens with one attached hydrogen (secondary N) is 1. The minimum Gasteiger partial charge on any atom is -0.337 e. The number of fused-ring (bicyclic) bond motifs is 3. The highest BCUT2D eigenvalue weighted by Crippen LogP contribution is 2.19. The van der Waals surface area contributed by atoms with Crippen molar-refractivity contribution in [3.8, 4) is 0 Å². The van der Waals surface area contributed by atoms with E-state index in [1.165, 1.54) is 0 Å². The number of nitrogens with zero attached hydrogens (tertiary/aromatic N) is 3. The lowest BCUT2D eigenvalue weighted by Crippen LogP contribution is -1.76. The maximum absolute atomic E-state index is 4.25. The Hall–Kier alpha value is -1.97. The van der Waals surface area contributed by atoms with Crippen LogP contribution in [0.15, 0.2) is 30.9 Å². The zero-order valence-corrected chi connectivity index (χ0v) is 6.73. The van der Waals surface area contributed by atoms with Gasteiger partial charge in [-0.25, -0.2) is 4.98 Å². The Morgan fingerprint density at radius 2 is 2.00 bits per heavy atom. The van der Waals surface area contributed by atoms with E-state index in [2.05, 4.69) is 19.9 Å². The van der Waals surface area contributed by atoms with E-state index in [0.717, 1.165) is 22.1 Å². The average Bonchev–Trinajstić information content (AvgIpc) is 2.56. The Balaban J connectivity index is 2.64. The topological polar surface area (TPSA) is 54.5 Å². The van der Waals surface area contributed by atoms with Gasteiger partial charge < -0.3 is 4.98 Å². The average molecular weight is 170 g/mol. The maximum Gasteiger partial charge on any atom is 0.157 e. The molecule has 0 spiro atoms. The minimum absolute atomic E-state index is 0.811. The number of hydrogen-bond donors (Lipinski definition) is 1. The molecule has 0 bridgehead atoms. The summed E-state index contributed by atoms with van der Waals surface area (Å²) >= 11 is 0. The van der Waals surface area contributed by atoms with E-state index < -0.39 is 0 Å². The first-order valence-corrected chi connectivity index (χ1v) is 3.97. The van der Waals surface area contributed by atoms with Crippen LogP contribution in [0, 0.1) is 0 Å². The van der Waals surface area contributed by atoms with Crippen LogP contribution in [0.25, 0.3) is 22.1 Å². The fraction of sp³-hybridized carbons (Fsp3) is 0. The molecule has 0 aliphatic carbocycles. The summed E-state index contributed by atoms with van der Waals surface area (Å²) in [5.74, 6) is 0. The van der Waals surface area contributed by atoms with Crippen molar-refractivity contribution in [1.82, 2.24) is 19.9 Å². The van der Waals surface area contributed by atoms with Crippen LogP contribution < -0.4 is 0 Å². The molecule has 0 aromatic carbocycles. The molecule has 0 unspecified atom stereocenters. The number of hydrogen-bond acceptors (Lipinski definition) is 3. The second-order valence-corrected chi connectivity index (χ2v) is 2.80. The van der Waals surface area contributed by atoms with Crippen LogP contribution in [0.3, 0.4) is 0 Å². The smallest absolute Gasteiger partial charge is 0.157 e. The number of H-pyrrole nitrogens is 1. The maximum atomic E-state index is 4.25. The van der Waals surface area contributed by atoms with Gasteiger partial charge in [0.25, 0.3) is 0 Å². The molecule has 3 aromatic rings.